The normalized spacial score (nSPS) is 37.3. The second-order valence-electron chi connectivity index (χ2n) is 2.18. The quantitative estimate of drug-likeness (QED) is 0.386. The predicted molar refractivity (Wildman–Crippen MR) is 30.9 cm³/mol. The van der Waals surface area contributed by atoms with Gasteiger partial charge in [0.1, 0.15) is 7.85 Å². The molecule has 1 unspecified atom stereocenters. The molecule has 36 valence electrons. The van der Waals surface area contributed by atoms with Crippen LogP contribution in [0.2, 0.25) is 0 Å². The van der Waals surface area contributed by atoms with Crippen LogP contribution in [0.15, 0.2) is 22.5 Å². The first-order valence-electron chi connectivity index (χ1n) is 2.30. The van der Waals surface area contributed by atoms with E-state index in [0.717, 1.165) is 0 Å². The van der Waals surface area contributed by atoms with Crippen molar-refractivity contribution >= 4 is 7.85 Å². The van der Waals surface area contributed by atoms with Crippen molar-refractivity contribution in [1.82, 2.24) is 0 Å². The summed E-state index contributed by atoms with van der Waals surface area (Å²) in [6, 6.07) is 0. The zero-order chi connectivity index (χ0) is 5.33. The van der Waals surface area contributed by atoms with Crippen LogP contribution in [0.25, 0.3) is 0 Å². The fourth-order valence-corrected chi connectivity index (χ4v) is 0.431. The van der Waals surface area contributed by atoms with Gasteiger partial charge < -0.3 is 0 Å². The second-order valence-corrected chi connectivity index (χ2v) is 2.18. The van der Waals surface area contributed by atoms with Crippen molar-refractivity contribution in [2.24, 2.45) is 10.2 Å². The SMILES string of the molecule is BC1(C)C=CN=N1. The van der Waals surface area contributed by atoms with Gasteiger partial charge in [-0.25, -0.2) is 0 Å². The topological polar surface area (TPSA) is 24.7 Å². The molecule has 1 aliphatic heterocycles. The summed E-state index contributed by atoms with van der Waals surface area (Å²) in [6.45, 7) is 2.01. The highest BCUT2D eigenvalue weighted by atomic mass is 15.1. The van der Waals surface area contributed by atoms with Gasteiger partial charge in [-0.3, -0.25) is 0 Å². The van der Waals surface area contributed by atoms with Crippen LogP contribution in [0.3, 0.4) is 0 Å². The minimum atomic E-state index is -0.0278. The third kappa shape index (κ3) is 0.887. The number of hydrogen-bond acceptors (Lipinski definition) is 2. The molecule has 0 aromatic rings. The first-order chi connectivity index (χ1) is 3.21. The van der Waals surface area contributed by atoms with Crippen LogP contribution >= 0.6 is 0 Å². The van der Waals surface area contributed by atoms with E-state index >= 15 is 0 Å². The van der Waals surface area contributed by atoms with Crippen molar-refractivity contribution in [1.29, 1.82) is 0 Å². The summed E-state index contributed by atoms with van der Waals surface area (Å²) in [5.41, 5.74) is -0.0278. The van der Waals surface area contributed by atoms with Crippen molar-refractivity contribution in [3.05, 3.63) is 12.3 Å². The zero-order valence-corrected chi connectivity index (χ0v) is 4.55. The molecule has 7 heavy (non-hydrogen) atoms. The molecule has 0 N–H and O–H groups in total. The molecule has 1 rings (SSSR count). The molecule has 0 spiro atoms. The number of nitrogens with zero attached hydrogens (tertiary/aromatic N) is 2. The Morgan fingerprint density at radius 3 is 2.57 bits per heavy atom. The molecule has 0 fully saturated rings. The van der Waals surface area contributed by atoms with Gasteiger partial charge in [-0.1, -0.05) is 0 Å². The zero-order valence-electron chi connectivity index (χ0n) is 4.55. The third-order valence-corrected chi connectivity index (χ3v) is 0.865. The third-order valence-electron chi connectivity index (χ3n) is 0.865. The molecular formula is C4H7BN2. The predicted octanol–water partition coefficient (Wildman–Crippen LogP) is 0.315. The van der Waals surface area contributed by atoms with E-state index in [9.17, 15) is 0 Å². The molecule has 3 heteroatoms. The lowest BCUT2D eigenvalue weighted by atomic mass is 9.81. The molecule has 0 aromatic heterocycles. The van der Waals surface area contributed by atoms with Crippen molar-refractivity contribution in [2.45, 2.75) is 12.4 Å². The van der Waals surface area contributed by atoms with Crippen LogP contribution in [0.1, 0.15) is 6.92 Å². The van der Waals surface area contributed by atoms with Crippen LogP contribution in [-0.2, 0) is 0 Å². The van der Waals surface area contributed by atoms with E-state index in [1.165, 1.54) is 0 Å². The Labute approximate surface area is 43.7 Å². The summed E-state index contributed by atoms with van der Waals surface area (Å²) in [7, 11) is 2.01. The molecule has 0 amide bonds. The molecular weight excluding hydrogens is 86.9 g/mol. The summed E-state index contributed by atoms with van der Waals surface area (Å²) in [4.78, 5) is 0. The second kappa shape index (κ2) is 1.19. The monoisotopic (exact) mass is 94.1 g/mol. The lowest BCUT2D eigenvalue weighted by molar-refractivity contribution is 0.807. The average Bonchev–Trinajstić information content (AvgIpc) is 1.84. The van der Waals surface area contributed by atoms with Gasteiger partial charge in [0.05, 0.1) is 5.44 Å². The standard InChI is InChI=1S/C4H7BN2/c1-4(5)2-3-6-7-4/h2-3H,5H2,1H3. The summed E-state index contributed by atoms with van der Waals surface area (Å²) >= 11 is 0. The van der Waals surface area contributed by atoms with Crippen molar-refractivity contribution in [3.8, 4) is 0 Å². The molecule has 1 atom stereocenters. The largest absolute Gasteiger partial charge is 0.188 e. The lowest BCUT2D eigenvalue weighted by Crippen LogP contribution is -2.14. The van der Waals surface area contributed by atoms with Gasteiger partial charge in [0.25, 0.3) is 0 Å². The van der Waals surface area contributed by atoms with Gasteiger partial charge in [-0.2, -0.15) is 10.2 Å². The molecule has 1 heterocycles. The molecule has 0 saturated heterocycles. The molecule has 0 radical (unpaired) electrons. The number of rotatable bonds is 0. The smallest absolute Gasteiger partial charge is 0.144 e. The van der Waals surface area contributed by atoms with Gasteiger partial charge in [-0.15, -0.1) is 0 Å². The summed E-state index contributed by atoms with van der Waals surface area (Å²) < 4.78 is 0. The Kier molecular flexibility index (Phi) is 0.773. The highest BCUT2D eigenvalue weighted by molar-refractivity contribution is 6.16. The van der Waals surface area contributed by atoms with Gasteiger partial charge >= 0.3 is 0 Å². The Bertz CT molecular complexity index is 112. The Balaban J connectivity index is 2.77. The highest BCUT2D eigenvalue weighted by Crippen LogP contribution is 2.12. The fourth-order valence-electron chi connectivity index (χ4n) is 0.431. The van der Waals surface area contributed by atoms with Crippen LogP contribution in [0.4, 0.5) is 0 Å². The van der Waals surface area contributed by atoms with E-state index in [-0.39, 0.29) is 5.44 Å². The maximum Gasteiger partial charge on any atom is 0.144 e. The summed E-state index contributed by atoms with van der Waals surface area (Å²) in [5.74, 6) is 0. The minimum Gasteiger partial charge on any atom is -0.188 e. The lowest BCUT2D eigenvalue weighted by Gasteiger charge is -2.04. The van der Waals surface area contributed by atoms with Gasteiger partial charge in [0.2, 0.25) is 0 Å². The molecule has 0 aromatic carbocycles. The maximum absolute atomic E-state index is 3.88. The van der Waals surface area contributed by atoms with Gasteiger partial charge in [0.15, 0.2) is 0 Å². The Hall–Kier alpha value is -0.595. The van der Waals surface area contributed by atoms with Crippen LogP contribution in [0, 0.1) is 0 Å². The van der Waals surface area contributed by atoms with Crippen molar-refractivity contribution in [3.63, 3.8) is 0 Å². The van der Waals surface area contributed by atoms with Gasteiger partial charge in [-0.05, 0) is 13.0 Å². The van der Waals surface area contributed by atoms with E-state index in [1.54, 1.807) is 6.20 Å². The Morgan fingerprint density at radius 1 is 1.71 bits per heavy atom. The van der Waals surface area contributed by atoms with Crippen LogP contribution in [0.5, 0.6) is 0 Å². The average molecular weight is 93.9 g/mol. The molecule has 0 saturated carbocycles. The van der Waals surface area contributed by atoms with E-state index in [2.05, 4.69) is 10.2 Å². The van der Waals surface area contributed by atoms with E-state index in [1.807, 2.05) is 20.8 Å². The number of hydrogen-bond donors (Lipinski definition) is 0. The van der Waals surface area contributed by atoms with Gasteiger partial charge in [0, 0.05) is 6.20 Å². The van der Waals surface area contributed by atoms with E-state index < -0.39 is 0 Å². The highest BCUT2D eigenvalue weighted by Gasteiger charge is 2.13. The van der Waals surface area contributed by atoms with Crippen molar-refractivity contribution < 1.29 is 0 Å². The summed E-state index contributed by atoms with van der Waals surface area (Å²) in [6.07, 6.45) is 3.69. The first-order valence-corrected chi connectivity index (χ1v) is 2.30. The minimum absolute atomic E-state index is 0.0278. The number of azo groups is 1. The maximum atomic E-state index is 3.88. The molecule has 0 aliphatic carbocycles. The first kappa shape index (κ1) is 4.56. The molecule has 1 aliphatic rings. The van der Waals surface area contributed by atoms with E-state index in [0.29, 0.717) is 0 Å². The summed E-state index contributed by atoms with van der Waals surface area (Å²) in [5, 5.41) is 7.56. The molecule has 0 bridgehead atoms. The Morgan fingerprint density at radius 2 is 2.43 bits per heavy atom. The van der Waals surface area contributed by atoms with Crippen molar-refractivity contribution in [2.75, 3.05) is 0 Å². The van der Waals surface area contributed by atoms with E-state index in [4.69, 9.17) is 0 Å². The van der Waals surface area contributed by atoms with Crippen LogP contribution < -0.4 is 0 Å². The molecule has 2 nitrogen and oxygen atoms in total. The van der Waals surface area contributed by atoms with Crippen LogP contribution in [-0.4, -0.2) is 13.3 Å². The fraction of sp³-hybridized carbons (Fsp3) is 0.500.